The summed E-state index contributed by atoms with van der Waals surface area (Å²) in [6.07, 6.45) is 3.93. The van der Waals surface area contributed by atoms with Crippen LogP contribution in [0.5, 0.6) is 0 Å². The molecule has 1 rings (SSSR count). The fourth-order valence-corrected chi connectivity index (χ4v) is 1.55. The molecule has 1 saturated carbocycles. The maximum atomic E-state index is 5.08. The summed E-state index contributed by atoms with van der Waals surface area (Å²) >= 11 is 0. The van der Waals surface area contributed by atoms with E-state index in [0.29, 0.717) is 5.41 Å². The van der Waals surface area contributed by atoms with Gasteiger partial charge in [-0.2, -0.15) is 0 Å². The summed E-state index contributed by atoms with van der Waals surface area (Å²) in [6.45, 7) is 4.15. The summed E-state index contributed by atoms with van der Waals surface area (Å²) in [7, 11) is 3.34. The van der Waals surface area contributed by atoms with E-state index in [2.05, 4.69) is 12.2 Å². The summed E-state index contributed by atoms with van der Waals surface area (Å²) in [5.74, 6) is 0. The lowest BCUT2D eigenvalue weighted by atomic mass is 10.0. The molecule has 1 N–H and O–H groups in total. The lowest BCUT2D eigenvalue weighted by Gasteiger charge is -2.17. The molecule has 0 aromatic carbocycles. The maximum Gasteiger partial charge on any atom is 0.169 e. The molecule has 0 aromatic heterocycles. The van der Waals surface area contributed by atoms with Crippen LogP contribution >= 0.6 is 0 Å². The van der Waals surface area contributed by atoms with Gasteiger partial charge in [-0.3, -0.25) is 0 Å². The van der Waals surface area contributed by atoms with Gasteiger partial charge in [0.15, 0.2) is 6.29 Å². The molecule has 78 valence electrons. The van der Waals surface area contributed by atoms with E-state index in [9.17, 15) is 0 Å². The van der Waals surface area contributed by atoms with Crippen molar-refractivity contribution in [3.05, 3.63) is 0 Å². The monoisotopic (exact) mass is 187 g/mol. The van der Waals surface area contributed by atoms with Crippen molar-refractivity contribution >= 4 is 0 Å². The van der Waals surface area contributed by atoms with Crippen molar-refractivity contribution < 1.29 is 9.47 Å². The molecule has 0 spiro atoms. The minimum absolute atomic E-state index is 0.104. The van der Waals surface area contributed by atoms with Gasteiger partial charge in [0, 0.05) is 27.3 Å². The first-order chi connectivity index (χ1) is 6.26. The van der Waals surface area contributed by atoms with E-state index in [0.717, 1.165) is 13.1 Å². The zero-order valence-electron chi connectivity index (χ0n) is 8.93. The van der Waals surface area contributed by atoms with Gasteiger partial charge in [0.05, 0.1) is 0 Å². The second-order valence-corrected chi connectivity index (χ2v) is 3.89. The Morgan fingerprint density at radius 3 is 2.31 bits per heavy atom. The van der Waals surface area contributed by atoms with Crippen molar-refractivity contribution in [2.24, 2.45) is 5.41 Å². The molecule has 0 radical (unpaired) electrons. The fraction of sp³-hybridized carbons (Fsp3) is 1.00. The minimum atomic E-state index is -0.104. The summed E-state index contributed by atoms with van der Waals surface area (Å²) in [4.78, 5) is 0. The van der Waals surface area contributed by atoms with Gasteiger partial charge in [0.25, 0.3) is 0 Å². The molecule has 0 amide bonds. The van der Waals surface area contributed by atoms with Crippen molar-refractivity contribution in [1.82, 2.24) is 5.32 Å². The topological polar surface area (TPSA) is 30.5 Å². The zero-order valence-corrected chi connectivity index (χ0v) is 8.93. The van der Waals surface area contributed by atoms with Crippen molar-refractivity contribution in [2.45, 2.75) is 32.5 Å². The van der Waals surface area contributed by atoms with Gasteiger partial charge in [0.1, 0.15) is 0 Å². The summed E-state index contributed by atoms with van der Waals surface area (Å²) in [5.41, 5.74) is 0.603. The van der Waals surface area contributed by atoms with E-state index in [-0.39, 0.29) is 6.29 Å². The third kappa shape index (κ3) is 3.25. The summed E-state index contributed by atoms with van der Waals surface area (Å²) in [6, 6.07) is 0. The molecule has 1 aliphatic rings. The van der Waals surface area contributed by atoms with Gasteiger partial charge < -0.3 is 14.8 Å². The largest absolute Gasteiger partial charge is 0.355 e. The average Bonchev–Trinajstić information content (AvgIpc) is 2.93. The van der Waals surface area contributed by atoms with E-state index in [1.54, 1.807) is 14.2 Å². The highest BCUT2D eigenvalue weighted by atomic mass is 16.7. The van der Waals surface area contributed by atoms with Gasteiger partial charge in [-0.15, -0.1) is 0 Å². The molecule has 0 aliphatic heterocycles. The van der Waals surface area contributed by atoms with E-state index in [1.165, 1.54) is 19.3 Å². The lowest BCUT2D eigenvalue weighted by Crippen LogP contribution is -2.33. The van der Waals surface area contributed by atoms with Crippen molar-refractivity contribution in [3.8, 4) is 0 Å². The Kier molecular flexibility index (Phi) is 4.16. The Morgan fingerprint density at radius 1 is 1.31 bits per heavy atom. The number of rotatable bonds is 7. The molecule has 1 aliphatic carbocycles. The minimum Gasteiger partial charge on any atom is -0.355 e. The highest BCUT2D eigenvalue weighted by Crippen LogP contribution is 2.47. The number of methoxy groups -OCH3 is 2. The standard InChI is InChI=1S/C10H21NO2/c1-4-10(5-6-10)8-11-7-9(12-2)13-3/h9,11H,4-8H2,1-3H3. The predicted molar refractivity (Wildman–Crippen MR) is 52.6 cm³/mol. The van der Waals surface area contributed by atoms with Crippen LogP contribution in [0.4, 0.5) is 0 Å². The Hall–Kier alpha value is -0.120. The molecule has 0 unspecified atom stereocenters. The molecule has 0 atom stereocenters. The van der Waals surface area contributed by atoms with Gasteiger partial charge in [-0.05, 0) is 24.7 Å². The van der Waals surface area contributed by atoms with E-state index >= 15 is 0 Å². The van der Waals surface area contributed by atoms with Crippen molar-refractivity contribution in [3.63, 3.8) is 0 Å². The Bertz CT molecular complexity index is 142. The highest BCUT2D eigenvalue weighted by Gasteiger charge is 2.39. The third-order valence-electron chi connectivity index (χ3n) is 3.04. The average molecular weight is 187 g/mol. The van der Waals surface area contributed by atoms with Gasteiger partial charge in [-0.1, -0.05) is 6.92 Å². The first kappa shape index (κ1) is 11.0. The van der Waals surface area contributed by atoms with E-state index in [1.807, 2.05) is 0 Å². The molecule has 0 saturated heterocycles. The molecule has 3 heteroatoms. The molecule has 0 aromatic rings. The Balaban J connectivity index is 2.06. The Labute approximate surface area is 80.8 Å². The van der Waals surface area contributed by atoms with Crippen LogP contribution in [0.25, 0.3) is 0 Å². The first-order valence-corrected chi connectivity index (χ1v) is 5.02. The van der Waals surface area contributed by atoms with Crippen LogP contribution in [0.2, 0.25) is 0 Å². The molecular formula is C10H21NO2. The maximum absolute atomic E-state index is 5.08. The van der Waals surface area contributed by atoms with Crippen molar-refractivity contribution in [1.29, 1.82) is 0 Å². The molecule has 3 nitrogen and oxygen atoms in total. The van der Waals surface area contributed by atoms with Crippen LogP contribution in [0.3, 0.4) is 0 Å². The Morgan fingerprint density at radius 2 is 1.92 bits per heavy atom. The summed E-state index contributed by atoms with van der Waals surface area (Å²) in [5, 5.41) is 3.39. The second-order valence-electron chi connectivity index (χ2n) is 3.89. The summed E-state index contributed by atoms with van der Waals surface area (Å²) < 4.78 is 10.2. The molecule has 13 heavy (non-hydrogen) atoms. The van der Waals surface area contributed by atoms with Gasteiger partial charge in [0.2, 0.25) is 0 Å². The van der Waals surface area contributed by atoms with E-state index in [4.69, 9.17) is 9.47 Å². The predicted octanol–water partition coefficient (Wildman–Crippen LogP) is 1.39. The second kappa shape index (κ2) is 4.94. The van der Waals surface area contributed by atoms with Crippen molar-refractivity contribution in [2.75, 3.05) is 27.3 Å². The lowest BCUT2D eigenvalue weighted by molar-refractivity contribution is -0.0990. The number of hydrogen-bond acceptors (Lipinski definition) is 3. The zero-order chi connectivity index (χ0) is 9.73. The molecule has 0 heterocycles. The normalized spacial score (nSPS) is 19.4. The van der Waals surface area contributed by atoms with Crippen LogP contribution in [0.1, 0.15) is 26.2 Å². The van der Waals surface area contributed by atoms with Gasteiger partial charge >= 0.3 is 0 Å². The SMILES string of the molecule is CCC1(CNCC(OC)OC)CC1. The van der Waals surface area contributed by atoms with Crippen LogP contribution in [-0.4, -0.2) is 33.6 Å². The smallest absolute Gasteiger partial charge is 0.169 e. The van der Waals surface area contributed by atoms with Gasteiger partial charge in [-0.25, -0.2) is 0 Å². The highest BCUT2D eigenvalue weighted by molar-refractivity contribution is 4.93. The number of nitrogens with one attached hydrogen (secondary N) is 1. The molecular weight excluding hydrogens is 166 g/mol. The van der Waals surface area contributed by atoms with Crippen LogP contribution in [-0.2, 0) is 9.47 Å². The third-order valence-corrected chi connectivity index (χ3v) is 3.04. The van der Waals surface area contributed by atoms with Crippen LogP contribution in [0, 0.1) is 5.41 Å². The number of hydrogen-bond donors (Lipinski definition) is 1. The molecule has 1 fully saturated rings. The first-order valence-electron chi connectivity index (χ1n) is 5.02. The van der Waals surface area contributed by atoms with E-state index < -0.39 is 0 Å². The van der Waals surface area contributed by atoms with Crippen LogP contribution < -0.4 is 5.32 Å². The molecule has 0 bridgehead atoms. The van der Waals surface area contributed by atoms with Crippen LogP contribution in [0.15, 0.2) is 0 Å². The number of ether oxygens (including phenoxy) is 2. The fourth-order valence-electron chi connectivity index (χ4n) is 1.55. The quantitative estimate of drug-likeness (QED) is 0.611.